The largest absolute Gasteiger partial charge is 0.338 e. The van der Waals surface area contributed by atoms with Crippen LogP contribution in [0.4, 0.5) is 0 Å². The monoisotopic (exact) mass is 331 g/mol. The van der Waals surface area contributed by atoms with Gasteiger partial charge in [0.2, 0.25) is 0 Å². The van der Waals surface area contributed by atoms with Gasteiger partial charge in [0.1, 0.15) is 4.88 Å². The molecule has 0 radical (unpaired) electrons. The number of pyridine rings is 1. The summed E-state index contributed by atoms with van der Waals surface area (Å²) in [6, 6.07) is 4.05. The number of nitrogens with zero attached hydrogens (tertiary/aromatic N) is 5. The summed E-state index contributed by atoms with van der Waals surface area (Å²) in [5, 5.41) is 3.93. The number of hydrogen-bond donors (Lipinski definition) is 0. The third-order valence-electron chi connectivity index (χ3n) is 4.16. The molecule has 0 aliphatic carbocycles. The number of hydrogen-bond acceptors (Lipinski definition) is 6. The molecule has 0 bridgehead atoms. The molecule has 1 atom stereocenters. The van der Waals surface area contributed by atoms with Gasteiger partial charge in [0.05, 0.1) is 5.69 Å². The van der Waals surface area contributed by atoms with E-state index >= 15 is 0 Å². The number of carbonyl (C=O) groups excluding carboxylic acids is 1. The van der Waals surface area contributed by atoms with Gasteiger partial charge in [0.25, 0.3) is 5.91 Å². The molecule has 0 aromatic carbocycles. The predicted octanol–water partition coefficient (Wildman–Crippen LogP) is 1.84. The molecule has 0 spiro atoms. The normalized spacial score (nSPS) is 17.9. The van der Waals surface area contributed by atoms with E-state index in [0.717, 1.165) is 38.3 Å². The Hall–Kier alpha value is -1.86. The molecule has 1 aliphatic rings. The summed E-state index contributed by atoms with van der Waals surface area (Å²) in [7, 11) is 2.12. The SMILES string of the molecule is Cc1nnsc1C(=O)N1CCC(CN(C)Cc2cccnc2)C1. The van der Waals surface area contributed by atoms with E-state index in [0.29, 0.717) is 10.8 Å². The van der Waals surface area contributed by atoms with Crippen molar-refractivity contribution in [1.29, 1.82) is 0 Å². The number of likely N-dealkylation sites (tertiary alicyclic amines) is 1. The standard InChI is InChI=1S/C16H21N5OS/c1-12-15(23-19-18-12)16(22)21-7-5-14(11-21)10-20(2)9-13-4-3-6-17-8-13/h3-4,6,8,14H,5,7,9-11H2,1-2H3. The average Bonchev–Trinajstić information content (AvgIpc) is 3.16. The second-order valence-electron chi connectivity index (χ2n) is 6.15. The lowest BCUT2D eigenvalue weighted by molar-refractivity contribution is 0.0788. The van der Waals surface area contributed by atoms with Gasteiger partial charge < -0.3 is 9.80 Å². The van der Waals surface area contributed by atoms with Crippen molar-refractivity contribution in [2.45, 2.75) is 19.9 Å². The summed E-state index contributed by atoms with van der Waals surface area (Å²) in [6.07, 6.45) is 4.75. The van der Waals surface area contributed by atoms with Crippen molar-refractivity contribution in [1.82, 2.24) is 24.4 Å². The zero-order chi connectivity index (χ0) is 16.2. The summed E-state index contributed by atoms with van der Waals surface area (Å²) in [5.74, 6) is 0.594. The molecule has 0 saturated carbocycles. The second kappa shape index (κ2) is 7.14. The van der Waals surface area contributed by atoms with E-state index in [1.54, 1.807) is 6.20 Å². The molecular weight excluding hydrogens is 310 g/mol. The first-order valence-corrected chi connectivity index (χ1v) is 8.56. The third-order valence-corrected chi connectivity index (χ3v) is 4.98. The highest BCUT2D eigenvalue weighted by molar-refractivity contribution is 7.07. The fraction of sp³-hybridized carbons (Fsp3) is 0.500. The summed E-state index contributed by atoms with van der Waals surface area (Å²) in [6.45, 7) is 5.34. The van der Waals surface area contributed by atoms with Crippen LogP contribution in [0.25, 0.3) is 0 Å². The Morgan fingerprint density at radius 2 is 2.39 bits per heavy atom. The Kier molecular flexibility index (Phi) is 4.97. The Morgan fingerprint density at radius 3 is 3.09 bits per heavy atom. The maximum Gasteiger partial charge on any atom is 0.267 e. The maximum absolute atomic E-state index is 12.5. The van der Waals surface area contributed by atoms with Crippen LogP contribution in [0.15, 0.2) is 24.5 Å². The van der Waals surface area contributed by atoms with Crippen molar-refractivity contribution in [3.05, 3.63) is 40.7 Å². The van der Waals surface area contributed by atoms with Gasteiger partial charge in [-0.1, -0.05) is 10.6 Å². The van der Waals surface area contributed by atoms with Crippen LogP contribution in [0.5, 0.6) is 0 Å². The molecule has 23 heavy (non-hydrogen) atoms. The van der Waals surface area contributed by atoms with E-state index in [4.69, 9.17) is 0 Å². The Balaban J connectivity index is 1.52. The summed E-state index contributed by atoms with van der Waals surface area (Å²) in [5.41, 5.74) is 1.95. The van der Waals surface area contributed by atoms with Gasteiger partial charge in [0, 0.05) is 38.6 Å². The van der Waals surface area contributed by atoms with Gasteiger partial charge in [-0.15, -0.1) is 5.10 Å². The van der Waals surface area contributed by atoms with Crippen LogP contribution in [0.3, 0.4) is 0 Å². The highest BCUT2D eigenvalue weighted by Gasteiger charge is 2.29. The van der Waals surface area contributed by atoms with E-state index in [1.165, 1.54) is 17.1 Å². The van der Waals surface area contributed by atoms with Crippen molar-refractivity contribution in [3.63, 3.8) is 0 Å². The number of aryl methyl sites for hydroxylation is 1. The maximum atomic E-state index is 12.5. The summed E-state index contributed by atoms with van der Waals surface area (Å²) in [4.78, 5) is 21.5. The van der Waals surface area contributed by atoms with Crippen LogP contribution in [0.2, 0.25) is 0 Å². The summed E-state index contributed by atoms with van der Waals surface area (Å²) >= 11 is 1.19. The van der Waals surface area contributed by atoms with Crippen molar-refractivity contribution in [2.75, 3.05) is 26.7 Å². The van der Waals surface area contributed by atoms with E-state index in [-0.39, 0.29) is 5.91 Å². The highest BCUT2D eigenvalue weighted by atomic mass is 32.1. The Bertz CT molecular complexity index is 660. The molecule has 1 unspecified atom stereocenters. The van der Waals surface area contributed by atoms with Crippen LogP contribution in [0, 0.1) is 12.8 Å². The van der Waals surface area contributed by atoms with Crippen LogP contribution in [-0.2, 0) is 6.54 Å². The van der Waals surface area contributed by atoms with Gasteiger partial charge in [-0.2, -0.15) is 0 Å². The zero-order valence-corrected chi connectivity index (χ0v) is 14.3. The van der Waals surface area contributed by atoms with Gasteiger partial charge in [-0.25, -0.2) is 0 Å². The molecule has 1 fully saturated rings. The van der Waals surface area contributed by atoms with Gasteiger partial charge in [-0.3, -0.25) is 9.78 Å². The number of carbonyl (C=O) groups is 1. The molecule has 3 rings (SSSR count). The third kappa shape index (κ3) is 3.92. The fourth-order valence-electron chi connectivity index (χ4n) is 3.05. The predicted molar refractivity (Wildman–Crippen MR) is 89.2 cm³/mol. The zero-order valence-electron chi connectivity index (χ0n) is 13.5. The van der Waals surface area contributed by atoms with E-state index < -0.39 is 0 Å². The second-order valence-corrected chi connectivity index (χ2v) is 6.91. The minimum Gasteiger partial charge on any atom is -0.338 e. The van der Waals surface area contributed by atoms with Crippen molar-refractivity contribution >= 4 is 17.4 Å². The molecule has 122 valence electrons. The molecule has 2 aromatic rings. The first kappa shape index (κ1) is 16.0. The summed E-state index contributed by atoms with van der Waals surface area (Å²) < 4.78 is 3.86. The molecule has 3 heterocycles. The van der Waals surface area contributed by atoms with Gasteiger partial charge in [0.15, 0.2) is 0 Å². The first-order valence-electron chi connectivity index (χ1n) is 7.79. The smallest absolute Gasteiger partial charge is 0.267 e. The minimum atomic E-state index is 0.0786. The number of rotatable bonds is 5. The fourth-order valence-corrected chi connectivity index (χ4v) is 3.67. The lowest BCUT2D eigenvalue weighted by Gasteiger charge is -2.21. The lowest BCUT2D eigenvalue weighted by Crippen LogP contribution is -2.31. The van der Waals surface area contributed by atoms with Gasteiger partial charge in [-0.05, 0) is 49.5 Å². The molecule has 1 aliphatic heterocycles. The number of amides is 1. The van der Waals surface area contributed by atoms with E-state index in [1.807, 2.05) is 24.1 Å². The molecule has 7 heteroatoms. The van der Waals surface area contributed by atoms with Crippen LogP contribution >= 0.6 is 11.5 Å². The molecule has 2 aromatic heterocycles. The number of aromatic nitrogens is 3. The van der Waals surface area contributed by atoms with E-state index in [9.17, 15) is 4.79 Å². The molecular formula is C16H21N5OS. The molecule has 1 saturated heterocycles. The van der Waals surface area contributed by atoms with Crippen LogP contribution in [-0.4, -0.2) is 57.0 Å². The van der Waals surface area contributed by atoms with Crippen molar-refractivity contribution in [2.24, 2.45) is 5.92 Å². The van der Waals surface area contributed by atoms with Gasteiger partial charge >= 0.3 is 0 Å². The molecule has 6 nitrogen and oxygen atoms in total. The highest BCUT2D eigenvalue weighted by Crippen LogP contribution is 2.22. The molecule has 0 N–H and O–H groups in total. The van der Waals surface area contributed by atoms with E-state index in [2.05, 4.69) is 32.6 Å². The van der Waals surface area contributed by atoms with Crippen molar-refractivity contribution in [3.8, 4) is 0 Å². The quantitative estimate of drug-likeness (QED) is 0.836. The topological polar surface area (TPSA) is 62.2 Å². The van der Waals surface area contributed by atoms with Crippen molar-refractivity contribution < 1.29 is 4.79 Å². The first-order chi connectivity index (χ1) is 11.1. The van der Waals surface area contributed by atoms with Crippen LogP contribution < -0.4 is 0 Å². The minimum absolute atomic E-state index is 0.0786. The average molecular weight is 331 g/mol. The van der Waals surface area contributed by atoms with Crippen LogP contribution in [0.1, 0.15) is 27.3 Å². The molecule has 1 amide bonds. The lowest BCUT2D eigenvalue weighted by atomic mass is 10.1. The Labute approximate surface area is 140 Å². The Morgan fingerprint density at radius 1 is 1.52 bits per heavy atom.